The summed E-state index contributed by atoms with van der Waals surface area (Å²) in [7, 11) is 1.77. The summed E-state index contributed by atoms with van der Waals surface area (Å²) in [5.74, 6) is 0.601. The van der Waals surface area contributed by atoms with Gasteiger partial charge >= 0.3 is 0 Å². The molecule has 0 saturated carbocycles. The van der Waals surface area contributed by atoms with Crippen LogP contribution in [0.5, 0.6) is 5.75 Å². The summed E-state index contributed by atoms with van der Waals surface area (Å²) in [6, 6.07) is 15.4. The van der Waals surface area contributed by atoms with Crippen LogP contribution in [0.4, 0.5) is 0 Å². The zero-order chi connectivity index (χ0) is 17.1. The number of likely N-dealkylation sites (N-methyl/N-ethyl adjacent to an activating group) is 1. The fourth-order valence-corrected chi connectivity index (χ4v) is 3.63. The molecular formula is C18H17BrN2O2S. The molecule has 0 fully saturated rings. The molecule has 0 aliphatic carbocycles. The van der Waals surface area contributed by atoms with Crippen LogP contribution in [0.25, 0.3) is 10.2 Å². The van der Waals surface area contributed by atoms with E-state index in [0.29, 0.717) is 12.3 Å². The molecule has 0 spiro atoms. The van der Waals surface area contributed by atoms with Gasteiger partial charge in [-0.2, -0.15) is 0 Å². The van der Waals surface area contributed by atoms with Gasteiger partial charge in [0.25, 0.3) is 5.91 Å². The van der Waals surface area contributed by atoms with Gasteiger partial charge in [0.15, 0.2) is 6.10 Å². The van der Waals surface area contributed by atoms with Crippen LogP contribution in [0.1, 0.15) is 11.9 Å². The van der Waals surface area contributed by atoms with Crippen molar-refractivity contribution in [2.75, 3.05) is 7.05 Å². The second-order valence-electron chi connectivity index (χ2n) is 5.48. The highest BCUT2D eigenvalue weighted by molar-refractivity contribution is 9.10. The third kappa shape index (κ3) is 3.94. The smallest absolute Gasteiger partial charge is 0.263 e. The number of hydrogen-bond acceptors (Lipinski definition) is 4. The average Bonchev–Trinajstić information content (AvgIpc) is 2.98. The Labute approximate surface area is 153 Å². The minimum Gasteiger partial charge on any atom is -0.481 e. The van der Waals surface area contributed by atoms with Crippen molar-refractivity contribution in [1.82, 2.24) is 9.88 Å². The number of nitrogens with zero attached hydrogens (tertiary/aromatic N) is 2. The molecule has 3 aromatic rings. The van der Waals surface area contributed by atoms with Gasteiger partial charge in [-0.25, -0.2) is 4.98 Å². The number of rotatable bonds is 5. The van der Waals surface area contributed by atoms with E-state index in [9.17, 15) is 4.79 Å². The van der Waals surface area contributed by atoms with Crippen LogP contribution in [-0.2, 0) is 11.3 Å². The van der Waals surface area contributed by atoms with Crippen LogP contribution in [0.15, 0.2) is 53.0 Å². The van der Waals surface area contributed by atoms with Crippen molar-refractivity contribution in [3.63, 3.8) is 0 Å². The quantitative estimate of drug-likeness (QED) is 0.629. The van der Waals surface area contributed by atoms with Gasteiger partial charge in [0.2, 0.25) is 0 Å². The number of fused-ring (bicyclic) bond motifs is 1. The summed E-state index contributed by atoms with van der Waals surface area (Å²) in [4.78, 5) is 18.7. The fourth-order valence-electron chi connectivity index (χ4n) is 2.35. The van der Waals surface area contributed by atoms with Gasteiger partial charge in [-0.05, 0) is 43.3 Å². The number of halogens is 1. The second-order valence-corrected chi connectivity index (χ2v) is 7.51. The van der Waals surface area contributed by atoms with Crippen molar-refractivity contribution < 1.29 is 9.53 Å². The van der Waals surface area contributed by atoms with Crippen molar-refractivity contribution in [3.8, 4) is 5.75 Å². The van der Waals surface area contributed by atoms with Crippen molar-refractivity contribution in [1.29, 1.82) is 0 Å². The first-order chi connectivity index (χ1) is 11.5. The van der Waals surface area contributed by atoms with Crippen LogP contribution in [0, 0.1) is 0 Å². The largest absolute Gasteiger partial charge is 0.481 e. The van der Waals surface area contributed by atoms with Gasteiger partial charge in [0, 0.05) is 11.5 Å². The van der Waals surface area contributed by atoms with E-state index >= 15 is 0 Å². The number of benzene rings is 2. The van der Waals surface area contributed by atoms with Gasteiger partial charge in [0.1, 0.15) is 10.8 Å². The molecule has 1 unspecified atom stereocenters. The number of hydrogen-bond donors (Lipinski definition) is 0. The van der Waals surface area contributed by atoms with E-state index in [4.69, 9.17) is 4.74 Å². The monoisotopic (exact) mass is 404 g/mol. The Balaban J connectivity index is 1.63. The summed E-state index contributed by atoms with van der Waals surface area (Å²) in [6.45, 7) is 2.24. The predicted molar refractivity (Wildman–Crippen MR) is 100 cm³/mol. The van der Waals surface area contributed by atoms with E-state index in [1.807, 2.05) is 48.5 Å². The molecule has 6 heteroatoms. The average molecular weight is 405 g/mol. The van der Waals surface area contributed by atoms with Crippen LogP contribution in [0.2, 0.25) is 0 Å². The molecule has 124 valence electrons. The molecule has 1 aromatic heterocycles. The number of carbonyl (C=O) groups excluding carboxylic acids is 1. The van der Waals surface area contributed by atoms with Crippen LogP contribution in [-0.4, -0.2) is 28.9 Å². The van der Waals surface area contributed by atoms with Gasteiger partial charge in [0.05, 0.1) is 16.8 Å². The summed E-state index contributed by atoms with van der Waals surface area (Å²) in [5.41, 5.74) is 0.970. The summed E-state index contributed by atoms with van der Waals surface area (Å²) < 4.78 is 7.83. The summed E-state index contributed by atoms with van der Waals surface area (Å²) >= 11 is 4.99. The molecule has 1 heterocycles. The number of amides is 1. The molecule has 1 amide bonds. The lowest BCUT2D eigenvalue weighted by Gasteiger charge is -2.21. The van der Waals surface area contributed by atoms with E-state index in [0.717, 1.165) is 19.7 Å². The molecular weight excluding hydrogens is 388 g/mol. The van der Waals surface area contributed by atoms with Crippen molar-refractivity contribution >= 4 is 43.4 Å². The molecule has 0 aliphatic rings. The minimum absolute atomic E-state index is 0.0721. The maximum Gasteiger partial charge on any atom is 0.263 e. The van der Waals surface area contributed by atoms with Crippen molar-refractivity contribution in [2.24, 2.45) is 0 Å². The Kier molecular flexibility index (Phi) is 5.16. The molecule has 24 heavy (non-hydrogen) atoms. The third-order valence-electron chi connectivity index (χ3n) is 3.56. The maximum atomic E-state index is 12.5. The molecule has 2 aromatic carbocycles. The van der Waals surface area contributed by atoms with Gasteiger partial charge in [-0.1, -0.05) is 28.1 Å². The summed E-state index contributed by atoms with van der Waals surface area (Å²) in [5, 5.41) is 0.919. The Hall–Kier alpha value is -1.92. The topological polar surface area (TPSA) is 42.4 Å². The number of thiazole rings is 1. The number of para-hydroxylation sites is 1. The molecule has 0 bridgehead atoms. The Morgan fingerprint density at radius 2 is 1.96 bits per heavy atom. The fraction of sp³-hybridized carbons (Fsp3) is 0.222. The zero-order valence-electron chi connectivity index (χ0n) is 13.4. The predicted octanol–water partition coefficient (Wildman–Crippen LogP) is 4.48. The van der Waals surface area contributed by atoms with Gasteiger partial charge < -0.3 is 9.64 Å². The standard InChI is InChI=1S/C18H17BrN2O2S/c1-12(23-14-9-7-13(19)8-10-14)18(22)21(2)11-17-20-15-5-3-4-6-16(15)24-17/h3-10,12H,11H2,1-2H3. The van der Waals surface area contributed by atoms with E-state index in [-0.39, 0.29) is 5.91 Å². The van der Waals surface area contributed by atoms with Gasteiger partial charge in [-0.3, -0.25) is 4.79 Å². The molecule has 0 radical (unpaired) electrons. The van der Waals surface area contributed by atoms with Crippen LogP contribution < -0.4 is 4.74 Å². The molecule has 1 atom stereocenters. The lowest BCUT2D eigenvalue weighted by atomic mass is 10.3. The Morgan fingerprint density at radius 3 is 2.67 bits per heavy atom. The lowest BCUT2D eigenvalue weighted by molar-refractivity contribution is -0.137. The second kappa shape index (κ2) is 7.32. The number of ether oxygens (including phenoxy) is 1. The van der Waals surface area contributed by atoms with E-state index in [1.165, 1.54) is 0 Å². The summed E-state index contributed by atoms with van der Waals surface area (Å²) in [6.07, 6.45) is -0.550. The highest BCUT2D eigenvalue weighted by Crippen LogP contribution is 2.23. The number of aromatic nitrogens is 1. The Morgan fingerprint density at radius 1 is 1.25 bits per heavy atom. The maximum absolute atomic E-state index is 12.5. The molecule has 3 rings (SSSR count). The minimum atomic E-state index is -0.550. The molecule has 0 saturated heterocycles. The van der Waals surface area contributed by atoms with Gasteiger partial charge in [-0.15, -0.1) is 11.3 Å². The third-order valence-corrected chi connectivity index (χ3v) is 5.11. The first-order valence-electron chi connectivity index (χ1n) is 7.54. The molecule has 4 nitrogen and oxygen atoms in total. The molecule has 0 N–H and O–H groups in total. The highest BCUT2D eigenvalue weighted by Gasteiger charge is 2.20. The first kappa shape index (κ1) is 16.9. The van der Waals surface area contributed by atoms with Crippen LogP contribution in [0.3, 0.4) is 0 Å². The lowest BCUT2D eigenvalue weighted by Crippen LogP contribution is -2.37. The van der Waals surface area contributed by atoms with Crippen LogP contribution >= 0.6 is 27.3 Å². The SMILES string of the molecule is CC(Oc1ccc(Br)cc1)C(=O)N(C)Cc1nc2ccccc2s1. The highest BCUT2D eigenvalue weighted by atomic mass is 79.9. The first-order valence-corrected chi connectivity index (χ1v) is 9.15. The number of carbonyl (C=O) groups is 1. The van der Waals surface area contributed by atoms with E-state index in [1.54, 1.807) is 30.2 Å². The van der Waals surface area contributed by atoms with E-state index in [2.05, 4.69) is 20.9 Å². The normalized spacial score (nSPS) is 12.1. The van der Waals surface area contributed by atoms with E-state index < -0.39 is 6.10 Å². The zero-order valence-corrected chi connectivity index (χ0v) is 15.8. The molecule has 0 aliphatic heterocycles. The van der Waals surface area contributed by atoms with Crippen molar-refractivity contribution in [3.05, 3.63) is 58.0 Å². The Bertz CT molecular complexity index is 815. The van der Waals surface area contributed by atoms with Crippen molar-refractivity contribution in [2.45, 2.75) is 19.6 Å².